The van der Waals surface area contributed by atoms with Gasteiger partial charge >= 0.3 is 6.18 Å². The number of carbonyl (C=O) groups is 2. The number of nitrogens with one attached hydrogen (secondary N) is 2. The molecule has 2 amide bonds. The number of fused-ring (bicyclic) bond motifs is 2. The van der Waals surface area contributed by atoms with Crippen molar-refractivity contribution < 1.29 is 37.0 Å². The summed E-state index contributed by atoms with van der Waals surface area (Å²) in [7, 11) is 2.91. The number of rotatable bonds is 6. The Balaban J connectivity index is 1.70. The molecule has 10 heteroatoms. The van der Waals surface area contributed by atoms with Crippen LogP contribution in [0.2, 0.25) is 0 Å². The first kappa shape index (κ1) is 24.7. The Kier molecular flexibility index (Phi) is 6.86. The van der Waals surface area contributed by atoms with Gasteiger partial charge in [-0.2, -0.15) is 13.2 Å². The zero-order valence-corrected chi connectivity index (χ0v) is 19.3. The normalized spacial score (nSPS) is 17.7. The molecule has 2 N–H and O–H groups in total. The lowest BCUT2D eigenvalue weighted by molar-refractivity contribution is -0.138. The van der Waals surface area contributed by atoms with Gasteiger partial charge in [-0.3, -0.25) is 9.59 Å². The van der Waals surface area contributed by atoms with Crippen LogP contribution in [0.4, 0.5) is 24.5 Å². The molecule has 2 aromatic rings. The monoisotopic (exact) mass is 490 g/mol. The average Bonchev–Trinajstić information content (AvgIpc) is 2.78. The van der Waals surface area contributed by atoms with Gasteiger partial charge in [0.1, 0.15) is 5.75 Å². The summed E-state index contributed by atoms with van der Waals surface area (Å²) in [5, 5.41) is 5.62. The van der Waals surface area contributed by atoms with Gasteiger partial charge in [0.15, 0.2) is 5.60 Å². The van der Waals surface area contributed by atoms with Crippen molar-refractivity contribution in [2.45, 2.75) is 31.0 Å². The Bertz CT molecular complexity index is 1170. The third-order valence-electron chi connectivity index (χ3n) is 5.92. The number of benzene rings is 2. The molecule has 2 heterocycles. The average molecular weight is 490 g/mol. The molecule has 2 aromatic carbocycles. The summed E-state index contributed by atoms with van der Waals surface area (Å²) in [6.45, 7) is 0.0861. The van der Waals surface area contributed by atoms with Crippen molar-refractivity contribution in [2.75, 3.05) is 38.1 Å². The summed E-state index contributed by atoms with van der Waals surface area (Å²) in [5.41, 5.74) is 0.926. The van der Waals surface area contributed by atoms with E-state index in [4.69, 9.17) is 14.2 Å². The molecule has 0 radical (unpaired) electrons. The largest absolute Gasteiger partial charge is 0.481 e. The maximum absolute atomic E-state index is 13.3. The summed E-state index contributed by atoms with van der Waals surface area (Å²) in [5.74, 6) is -0.548. The number of methoxy groups -OCH3 is 2. The van der Waals surface area contributed by atoms with E-state index in [0.29, 0.717) is 35.4 Å². The Morgan fingerprint density at radius 3 is 2.60 bits per heavy atom. The summed E-state index contributed by atoms with van der Waals surface area (Å²) < 4.78 is 56.6. The molecule has 0 atom stereocenters. The number of carbonyl (C=O) groups excluding carboxylic acids is 2. The maximum Gasteiger partial charge on any atom is 0.416 e. The van der Waals surface area contributed by atoms with Crippen LogP contribution in [0.3, 0.4) is 0 Å². The fourth-order valence-electron chi connectivity index (χ4n) is 4.49. The molecule has 186 valence electrons. The number of halogens is 3. The van der Waals surface area contributed by atoms with Gasteiger partial charge in [-0.05, 0) is 41.8 Å². The van der Waals surface area contributed by atoms with Crippen molar-refractivity contribution in [3.63, 3.8) is 0 Å². The predicted octanol–water partition coefficient (Wildman–Crippen LogP) is 4.43. The van der Waals surface area contributed by atoms with Gasteiger partial charge in [-0.15, -0.1) is 0 Å². The zero-order valence-electron chi connectivity index (χ0n) is 19.3. The molecule has 0 unspecified atom stereocenters. The van der Waals surface area contributed by atoms with Crippen LogP contribution in [0.15, 0.2) is 42.5 Å². The van der Waals surface area contributed by atoms with Gasteiger partial charge in [0.2, 0.25) is 11.8 Å². The topological polar surface area (TPSA) is 85.9 Å². The smallest absolute Gasteiger partial charge is 0.416 e. The predicted molar refractivity (Wildman–Crippen MR) is 123 cm³/mol. The van der Waals surface area contributed by atoms with Crippen LogP contribution < -0.4 is 15.4 Å². The van der Waals surface area contributed by atoms with E-state index in [1.165, 1.54) is 26.4 Å². The van der Waals surface area contributed by atoms with Crippen LogP contribution in [0.5, 0.6) is 5.75 Å². The van der Waals surface area contributed by atoms with E-state index >= 15 is 0 Å². The van der Waals surface area contributed by atoms with Gasteiger partial charge in [0.05, 0.1) is 18.8 Å². The third kappa shape index (κ3) is 5.33. The minimum absolute atomic E-state index is 0.000900. The highest BCUT2D eigenvalue weighted by molar-refractivity contribution is 6.06. The van der Waals surface area contributed by atoms with Gasteiger partial charge in [-0.25, -0.2) is 0 Å². The highest BCUT2D eigenvalue weighted by Crippen LogP contribution is 2.43. The lowest BCUT2D eigenvalue weighted by Gasteiger charge is -2.39. The Labute approximate surface area is 200 Å². The minimum atomic E-state index is -4.55. The first-order valence-corrected chi connectivity index (χ1v) is 11.0. The minimum Gasteiger partial charge on any atom is -0.481 e. The quantitative estimate of drug-likeness (QED) is 0.586. The highest BCUT2D eigenvalue weighted by Gasteiger charge is 2.41. The number of amides is 2. The van der Waals surface area contributed by atoms with Crippen LogP contribution >= 0.6 is 0 Å². The lowest BCUT2D eigenvalue weighted by atomic mass is 9.86. The number of anilines is 2. The molecule has 0 saturated heterocycles. The van der Waals surface area contributed by atoms with Gasteiger partial charge in [-0.1, -0.05) is 12.1 Å². The van der Waals surface area contributed by atoms with E-state index in [2.05, 4.69) is 10.6 Å². The molecule has 2 aliphatic heterocycles. The fourth-order valence-corrected chi connectivity index (χ4v) is 4.49. The van der Waals surface area contributed by atoms with Gasteiger partial charge in [0, 0.05) is 50.1 Å². The summed E-state index contributed by atoms with van der Waals surface area (Å²) >= 11 is 0. The van der Waals surface area contributed by atoms with Crippen LogP contribution in [-0.4, -0.2) is 44.8 Å². The molecule has 0 spiro atoms. The van der Waals surface area contributed by atoms with Crippen molar-refractivity contribution in [1.29, 1.82) is 0 Å². The molecule has 0 fully saturated rings. The Morgan fingerprint density at radius 1 is 1.17 bits per heavy atom. The second-order valence-corrected chi connectivity index (χ2v) is 8.58. The lowest BCUT2D eigenvalue weighted by Crippen LogP contribution is -2.47. The molecule has 0 aliphatic carbocycles. The van der Waals surface area contributed by atoms with Gasteiger partial charge < -0.3 is 24.8 Å². The number of hydrogen-bond acceptors (Lipinski definition) is 5. The number of hydrogen-bond donors (Lipinski definition) is 2. The van der Waals surface area contributed by atoms with E-state index in [0.717, 1.165) is 17.7 Å². The van der Waals surface area contributed by atoms with E-state index in [1.54, 1.807) is 18.2 Å². The van der Waals surface area contributed by atoms with E-state index < -0.39 is 23.2 Å². The van der Waals surface area contributed by atoms with Crippen molar-refractivity contribution in [3.8, 4) is 5.75 Å². The summed E-state index contributed by atoms with van der Waals surface area (Å²) in [6.07, 6.45) is -2.22. The molecule has 35 heavy (non-hydrogen) atoms. The molecule has 2 aliphatic rings. The van der Waals surface area contributed by atoms with Crippen LogP contribution in [-0.2, 0) is 31.7 Å². The molecule has 4 rings (SSSR count). The molecule has 0 saturated carbocycles. The van der Waals surface area contributed by atoms with Crippen LogP contribution in [0.1, 0.15) is 29.5 Å². The second kappa shape index (κ2) is 9.71. The Morgan fingerprint density at radius 2 is 1.91 bits per heavy atom. The number of alkyl halides is 3. The third-order valence-corrected chi connectivity index (χ3v) is 5.92. The maximum atomic E-state index is 13.3. The molecular formula is C25H25F3N2O5. The van der Waals surface area contributed by atoms with Crippen LogP contribution in [0, 0.1) is 0 Å². The van der Waals surface area contributed by atoms with Gasteiger partial charge in [0.25, 0.3) is 0 Å². The fraction of sp³-hybridized carbons (Fsp3) is 0.360. The van der Waals surface area contributed by atoms with Crippen molar-refractivity contribution >= 4 is 28.8 Å². The standard InChI is InChI=1S/C25H25F3N2O5/c1-33-13-24(14-34-2)12-15(17-7-6-16(25(26,27)28)11-21(17)35-24)10-23(32)30-20-5-3-4-19-18(20)8-9-22(31)29-19/h3-7,10-11H,8-9,12-14H2,1-2H3,(H,29,31)(H,30,32)/b15-10+. The zero-order chi connectivity index (χ0) is 25.2. The van der Waals surface area contributed by atoms with E-state index in [1.807, 2.05) is 0 Å². The van der Waals surface area contributed by atoms with Crippen molar-refractivity contribution in [3.05, 3.63) is 59.2 Å². The summed E-state index contributed by atoms with van der Waals surface area (Å²) in [6, 6.07) is 8.41. The Hall–Kier alpha value is -3.37. The number of ether oxygens (including phenoxy) is 3. The molecular weight excluding hydrogens is 465 g/mol. The van der Waals surface area contributed by atoms with E-state index in [9.17, 15) is 22.8 Å². The SMILES string of the molecule is COCC1(COC)C/C(=C\C(=O)Nc2cccc3c2CCC(=O)N3)c2ccc(C(F)(F)F)cc2O1. The second-order valence-electron chi connectivity index (χ2n) is 8.58. The first-order chi connectivity index (χ1) is 16.6. The summed E-state index contributed by atoms with van der Waals surface area (Å²) in [4.78, 5) is 24.7. The molecule has 0 aromatic heterocycles. The van der Waals surface area contributed by atoms with E-state index in [-0.39, 0.29) is 31.3 Å². The van der Waals surface area contributed by atoms with Crippen molar-refractivity contribution in [1.82, 2.24) is 0 Å². The highest BCUT2D eigenvalue weighted by atomic mass is 19.4. The molecule has 7 nitrogen and oxygen atoms in total. The first-order valence-electron chi connectivity index (χ1n) is 11.0. The molecule has 0 bridgehead atoms. The van der Waals surface area contributed by atoms with Crippen molar-refractivity contribution in [2.24, 2.45) is 0 Å². The van der Waals surface area contributed by atoms with Crippen LogP contribution in [0.25, 0.3) is 5.57 Å².